The second kappa shape index (κ2) is 5.88. The van der Waals surface area contributed by atoms with E-state index < -0.39 is 10.0 Å². The van der Waals surface area contributed by atoms with Crippen molar-refractivity contribution in [1.29, 1.82) is 0 Å². The van der Waals surface area contributed by atoms with Crippen molar-refractivity contribution < 1.29 is 8.42 Å². The molecule has 0 unspecified atom stereocenters. The largest absolute Gasteiger partial charge is 0.397 e. The second-order valence-corrected chi connectivity index (χ2v) is 6.01. The third kappa shape index (κ3) is 3.75. The number of hydrogen-bond acceptors (Lipinski definition) is 4. The lowest BCUT2D eigenvalue weighted by Crippen LogP contribution is -2.18. The lowest BCUT2D eigenvalue weighted by atomic mass is 10.2. The summed E-state index contributed by atoms with van der Waals surface area (Å²) in [6.07, 6.45) is 2.00. The summed E-state index contributed by atoms with van der Waals surface area (Å²) in [7, 11) is -2.06. The zero-order valence-corrected chi connectivity index (χ0v) is 11.6. The number of benzene rings is 1. The molecule has 4 N–H and O–H groups in total. The van der Waals surface area contributed by atoms with Gasteiger partial charge in [0.05, 0.1) is 16.3 Å². The van der Waals surface area contributed by atoms with E-state index in [1.807, 2.05) is 19.9 Å². The van der Waals surface area contributed by atoms with Gasteiger partial charge in [-0.2, -0.15) is 0 Å². The van der Waals surface area contributed by atoms with Gasteiger partial charge in [0, 0.05) is 6.54 Å². The third-order valence-corrected chi connectivity index (χ3v) is 3.82. The highest BCUT2D eigenvalue weighted by molar-refractivity contribution is 7.89. The molecule has 0 fully saturated rings. The number of sulfonamides is 1. The van der Waals surface area contributed by atoms with Crippen molar-refractivity contribution in [2.24, 2.45) is 0 Å². The predicted octanol–water partition coefficient (Wildman–Crippen LogP) is 1.55. The van der Waals surface area contributed by atoms with E-state index >= 15 is 0 Å². The first-order valence-electron chi connectivity index (χ1n) is 5.57. The summed E-state index contributed by atoms with van der Waals surface area (Å²) >= 11 is 0. The molecule has 0 aliphatic heterocycles. The number of nitrogens with two attached hydrogens (primary N) is 1. The van der Waals surface area contributed by atoms with Crippen LogP contribution in [0.25, 0.3) is 0 Å². The van der Waals surface area contributed by atoms with Crippen molar-refractivity contribution in [2.45, 2.75) is 18.7 Å². The highest BCUT2D eigenvalue weighted by Crippen LogP contribution is 2.22. The van der Waals surface area contributed by atoms with E-state index in [2.05, 4.69) is 10.0 Å². The standard InChI is InChI=1S/C12H19N3O2S/c1-9(2)6-7-15-12-8-10(4-5-11(12)13)18(16,17)14-3/h4-6,8,14-15H,7,13H2,1-3H3. The molecule has 6 heteroatoms. The molecule has 0 aromatic heterocycles. The van der Waals surface area contributed by atoms with E-state index in [1.165, 1.54) is 24.8 Å². The molecule has 0 atom stereocenters. The average Bonchev–Trinajstić information content (AvgIpc) is 2.31. The van der Waals surface area contributed by atoms with Crippen LogP contribution in [0.4, 0.5) is 11.4 Å². The Kier molecular flexibility index (Phi) is 4.75. The summed E-state index contributed by atoms with van der Waals surface area (Å²) in [5.41, 5.74) is 8.11. The molecule has 5 nitrogen and oxygen atoms in total. The first-order chi connectivity index (χ1) is 8.36. The Labute approximate surface area is 108 Å². The topological polar surface area (TPSA) is 84.2 Å². The van der Waals surface area contributed by atoms with Crippen molar-refractivity contribution in [2.75, 3.05) is 24.6 Å². The smallest absolute Gasteiger partial charge is 0.240 e. The number of hydrogen-bond donors (Lipinski definition) is 3. The van der Waals surface area contributed by atoms with Gasteiger partial charge < -0.3 is 11.1 Å². The third-order valence-electron chi connectivity index (χ3n) is 2.41. The lowest BCUT2D eigenvalue weighted by Gasteiger charge is -2.10. The number of anilines is 2. The van der Waals surface area contributed by atoms with Crippen molar-refractivity contribution in [3.8, 4) is 0 Å². The fourth-order valence-electron chi connectivity index (χ4n) is 1.34. The van der Waals surface area contributed by atoms with E-state index in [0.29, 0.717) is 17.9 Å². The van der Waals surface area contributed by atoms with Gasteiger partial charge in [-0.05, 0) is 39.1 Å². The van der Waals surface area contributed by atoms with E-state index in [-0.39, 0.29) is 4.90 Å². The summed E-state index contributed by atoms with van der Waals surface area (Å²) in [5, 5.41) is 3.09. The molecule has 0 aliphatic rings. The SMILES string of the molecule is CNS(=O)(=O)c1ccc(N)c(NCC=C(C)C)c1. The monoisotopic (exact) mass is 269 g/mol. The average molecular weight is 269 g/mol. The van der Waals surface area contributed by atoms with E-state index in [1.54, 1.807) is 6.07 Å². The molecule has 100 valence electrons. The van der Waals surface area contributed by atoms with Crippen LogP contribution in [0.2, 0.25) is 0 Å². The Hall–Kier alpha value is -1.53. The van der Waals surface area contributed by atoms with Crippen molar-refractivity contribution in [3.05, 3.63) is 29.8 Å². The molecule has 1 rings (SSSR count). The fourth-order valence-corrected chi connectivity index (χ4v) is 2.09. The van der Waals surface area contributed by atoms with Crippen molar-refractivity contribution in [3.63, 3.8) is 0 Å². The maximum Gasteiger partial charge on any atom is 0.240 e. The summed E-state index contributed by atoms with van der Waals surface area (Å²) in [4.78, 5) is 0.193. The van der Waals surface area contributed by atoms with Gasteiger partial charge >= 0.3 is 0 Å². The molecule has 0 amide bonds. The number of nitrogens with one attached hydrogen (secondary N) is 2. The highest BCUT2D eigenvalue weighted by atomic mass is 32.2. The van der Waals surface area contributed by atoms with E-state index in [0.717, 1.165) is 0 Å². The van der Waals surface area contributed by atoms with Gasteiger partial charge in [-0.25, -0.2) is 13.1 Å². The molecule has 18 heavy (non-hydrogen) atoms. The van der Waals surface area contributed by atoms with Crippen LogP contribution in [-0.4, -0.2) is 22.0 Å². The maximum absolute atomic E-state index is 11.7. The molecule has 0 saturated heterocycles. The van der Waals surface area contributed by atoms with Gasteiger partial charge in [0.2, 0.25) is 10.0 Å². The van der Waals surface area contributed by atoms with Crippen LogP contribution in [0.1, 0.15) is 13.8 Å². The second-order valence-electron chi connectivity index (χ2n) is 4.12. The van der Waals surface area contributed by atoms with Gasteiger partial charge in [0.25, 0.3) is 0 Å². The molecule has 0 radical (unpaired) electrons. The van der Waals surface area contributed by atoms with Gasteiger partial charge in [0.1, 0.15) is 0 Å². The van der Waals surface area contributed by atoms with Crippen molar-refractivity contribution >= 4 is 21.4 Å². The van der Waals surface area contributed by atoms with Crippen LogP contribution < -0.4 is 15.8 Å². The van der Waals surface area contributed by atoms with Crippen LogP contribution in [-0.2, 0) is 10.0 Å². The number of rotatable bonds is 5. The Balaban J connectivity index is 2.99. The van der Waals surface area contributed by atoms with Crippen LogP contribution in [0.3, 0.4) is 0 Å². The Morgan fingerprint density at radius 1 is 1.39 bits per heavy atom. The predicted molar refractivity (Wildman–Crippen MR) is 75.0 cm³/mol. The molecule has 0 aliphatic carbocycles. The normalized spacial score (nSPS) is 11.1. The molecule has 0 bridgehead atoms. The minimum atomic E-state index is -3.44. The van der Waals surface area contributed by atoms with Crippen molar-refractivity contribution in [1.82, 2.24) is 4.72 Å². The Morgan fingerprint density at radius 2 is 2.06 bits per heavy atom. The number of allylic oxidation sites excluding steroid dienone is 1. The molecule has 1 aromatic carbocycles. The first-order valence-corrected chi connectivity index (χ1v) is 7.05. The van der Waals surface area contributed by atoms with Crippen LogP contribution in [0.15, 0.2) is 34.7 Å². The maximum atomic E-state index is 11.7. The Bertz CT molecular complexity index is 546. The highest BCUT2D eigenvalue weighted by Gasteiger charge is 2.12. The van der Waals surface area contributed by atoms with Gasteiger partial charge in [-0.3, -0.25) is 0 Å². The van der Waals surface area contributed by atoms with Crippen LogP contribution >= 0.6 is 0 Å². The quantitative estimate of drug-likeness (QED) is 0.559. The van der Waals surface area contributed by atoms with Gasteiger partial charge in [-0.1, -0.05) is 11.6 Å². The fraction of sp³-hybridized carbons (Fsp3) is 0.333. The molecule has 1 aromatic rings. The van der Waals surface area contributed by atoms with E-state index in [9.17, 15) is 8.42 Å². The summed E-state index contributed by atoms with van der Waals surface area (Å²) in [6.45, 7) is 4.59. The zero-order valence-electron chi connectivity index (χ0n) is 10.8. The molecule has 0 spiro atoms. The molecule has 0 saturated carbocycles. The molecular weight excluding hydrogens is 250 g/mol. The summed E-state index contributed by atoms with van der Waals surface area (Å²) in [6, 6.07) is 4.59. The molecule has 0 heterocycles. The Morgan fingerprint density at radius 3 is 2.61 bits per heavy atom. The van der Waals surface area contributed by atoms with Crippen LogP contribution in [0.5, 0.6) is 0 Å². The zero-order chi connectivity index (χ0) is 13.8. The van der Waals surface area contributed by atoms with Gasteiger partial charge in [0.15, 0.2) is 0 Å². The first kappa shape index (κ1) is 14.5. The van der Waals surface area contributed by atoms with Gasteiger partial charge in [-0.15, -0.1) is 0 Å². The lowest BCUT2D eigenvalue weighted by molar-refractivity contribution is 0.588. The molecular formula is C12H19N3O2S. The summed E-state index contributed by atoms with van der Waals surface area (Å²) < 4.78 is 25.6. The number of nitrogen functional groups attached to an aromatic ring is 1. The minimum Gasteiger partial charge on any atom is -0.397 e. The minimum absolute atomic E-state index is 0.193. The summed E-state index contributed by atoms with van der Waals surface area (Å²) in [5.74, 6) is 0. The van der Waals surface area contributed by atoms with E-state index in [4.69, 9.17) is 5.73 Å². The van der Waals surface area contributed by atoms with Crippen LogP contribution in [0, 0.1) is 0 Å².